The summed E-state index contributed by atoms with van der Waals surface area (Å²) in [7, 11) is 1.83. The Bertz CT molecular complexity index is 402. The van der Waals surface area contributed by atoms with Crippen molar-refractivity contribution < 1.29 is 9.53 Å². The van der Waals surface area contributed by atoms with Gasteiger partial charge in [-0.05, 0) is 12.8 Å². The maximum atomic E-state index is 11.3. The van der Waals surface area contributed by atoms with Gasteiger partial charge in [-0.15, -0.1) is 0 Å². The zero-order valence-corrected chi connectivity index (χ0v) is 11.5. The molecule has 0 aliphatic heterocycles. The molecule has 0 spiro atoms. The number of thioether (sulfide) groups is 1. The van der Waals surface area contributed by atoms with Crippen LogP contribution in [0.4, 0.5) is 5.69 Å². The number of nitrogens with zero attached hydrogens (tertiary/aromatic N) is 2. The Morgan fingerprint density at radius 2 is 2.24 bits per heavy atom. The van der Waals surface area contributed by atoms with Crippen molar-refractivity contribution in [1.29, 1.82) is 0 Å². The van der Waals surface area contributed by atoms with Crippen LogP contribution in [0.3, 0.4) is 0 Å². The minimum Gasteiger partial charge on any atom is -0.465 e. The molecular weight excluding hydrogens is 238 g/mol. The molecule has 1 aromatic rings. The molecule has 0 saturated heterocycles. The SMILES string of the molecule is CCOC(=O)CSc1c(N)c(C(C)C)nn1C. The van der Waals surface area contributed by atoms with Crippen molar-refractivity contribution in [2.75, 3.05) is 18.1 Å². The van der Waals surface area contributed by atoms with E-state index in [1.807, 2.05) is 20.9 Å². The summed E-state index contributed by atoms with van der Waals surface area (Å²) in [6.45, 7) is 6.27. The first-order valence-electron chi connectivity index (χ1n) is 5.58. The molecule has 0 bridgehead atoms. The molecule has 1 aromatic heterocycles. The van der Waals surface area contributed by atoms with Gasteiger partial charge in [-0.2, -0.15) is 5.10 Å². The number of hydrogen-bond donors (Lipinski definition) is 1. The number of nitrogens with two attached hydrogens (primary N) is 1. The number of aryl methyl sites for hydroxylation is 1. The summed E-state index contributed by atoms with van der Waals surface area (Å²) in [4.78, 5) is 11.3. The molecule has 17 heavy (non-hydrogen) atoms. The number of anilines is 1. The summed E-state index contributed by atoms with van der Waals surface area (Å²) in [6.07, 6.45) is 0. The normalized spacial score (nSPS) is 10.9. The lowest BCUT2D eigenvalue weighted by Crippen LogP contribution is -2.07. The third kappa shape index (κ3) is 3.39. The number of hydrogen-bond acceptors (Lipinski definition) is 5. The molecule has 0 amide bonds. The number of carbonyl (C=O) groups excluding carboxylic acids is 1. The second kappa shape index (κ2) is 5.95. The van der Waals surface area contributed by atoms with Gasteiger partial charge in [0, 0.05) is 7.05 Å². The van der Waals surface area contributed by atoms with Gasteiger partial charge in [0.2, 0.25) is 0 Å². The fourth-order valence-corrected chi connectivity index (χ4v) is 2.30. The van der Waals surface area contributed by atoms with Crippen molar-refractivity contribution in [3.8, 4) is 0 Å². The molecule has 0 aromatic carbocycles. The van der Waals surface area contributed by atoms with Crippen LogP contribution in [0.5, 0.6) is 0 Å². The van der Waals surface area contributed by atoms with E-state index in [9.17, 15) is 4.79 Å². The van der Waals surface area contributed by atoms with Crippen LogP contribution in [0, 0.1) is 0 Å². The van der Waals surface area contributed by atoms with Crippen LogP contribution in [0.1, 0.15) is 32.4 Å². The monoisotopic (exact) mass is 257 g/mol. The lowest BCUT2D eigenvalue weighted by Gasteiger charge is -2.04. The Balaban J connectivity index is 2.74. The van der Waals surface area contributed by atoms with Crippen LogP contribution < -0.4 is 5.73 Å². The highest BCUT2D eigenvalue weighted by Gasteiger charge is 2.17. The summed E-state index contributed by atoms with van der Waals surface area (Å²) in [5.41, 5.74) is 7.55. The topological polar surface area (TPSA) is 70.1 Å². The molecule has 0 unspecified atom stereocenters. The lowest BCUT2D eigenvalue weighted by atomic mass is 10.1. The molecule has 0 aliphatic carbocycles. The van der Waals surface area contributed by atoms with E-state index in [-0.39, 0.29) is 17.6 Å². The smallest absolute Gasteiger partial charge is 0.316 e. The van der Waals surface area contributed by atoms with Crippen LogP contribution in [0.2, 0.25) is 0 Å². The van der Waals surface area contributed by atoms with E-state index in [1.165, 1.54) is 11.8 Å². The maximum Gasteiger partial charge on any atom is 0.316 e. The highest BCUT2D eigenvalue weighted by atomic mass is 32.2. The zero-order valence-electron chi connectivity index (χ0n) is 10.7. The van der Waals surface area contributed by atoms with E-state index in [4.69, 9.17) is 10.5 Å². The molecule has 0 aliphatic rings. The number of esters is 1. The van der Waals surface area contributed by atoms with Crippen molar-refractivity contribution in [2.24, 2.45) is 7.05 Å². The molecule has 6 heteroatoms. The van der Waals surface area contributed by atoms with Gasteiger partial charge in [0.15, 0.2) is 0 Å². The molecule has 5 nitrogen and oxygen atoms in total. The molecule has 96 valence electrons. The van der Waals surface area contributed by atoms with Crippen LogP contribution >= 0.6 is 11.8 Å². The first-order valence-corrected chi connectivity index (χ1v) is 6.56. The number of ether oxygens (including phenoxy) is 1. The number of rotatable bonds is 5. The van der Waals surface area contributed by atoms with E-state index in [0.29, 0.717) is 12.3 Å². The Kier molecular flexibility index (Phi) is 4.86. The number of carbonyl (C=O) groups is 1. The predicted molar refractivity (Wildman–Crippen MR) is 69.1 cm³/mol. The van der Waals surface area contributed by atoms with E-state index in [0.717, 1.165) is 10.7 Å². The predicted octanol–water partition coefficient (Wildman–Crippen LogP) is 1.78. The highest BCUT2D eigenvalue weighted by molar-refractivity contribution is 8.00. The van der Waals surface area contributed by atoms with Crippen LogP contribution in [0.25, 0.3) is 0 Å². The average molecular weight is 257 g/mol. The Morgan fingerprint density at radius 3 is 2.71 bits per heavy atom. The largest absolute Gasteiger partial charge is 0.465 e. The fraction of sp³-hybridized carbons (Fsp3) is 0.636. The van der Waals surface area contributed by atoms with E-state index >= 15 is 0 Å². The van der Waals surface area contributed by atoms with Crippen molar-refractivity contribution >= 4 is 23.4 Å². The Hall–Kier alpha value is -1.17. The third-order valence-electron chi connectivity index (χ3n) is 2.24. The number of nitrogen functional groups attached to an aromatic ring is 1. The molecular formula is C11H19N3O2S. The van der Waals surface area contributed by atoms with Gasteiger partial charge in [0.25, 0.3) is 0 Å². The fourth-order valence-electron chi connectivity index (χ4n) is 1.47. The van der Waals surface area contributed by atoms with Crippen molar-refractivity contribution in [3.63, 3.8) is 0 Å². The van der Waals surface area contributed by atoms with Gasteiger partial charge in [-0.1, -0.05) is 25.6 Å². The molecule has 0 radical (unpaired) electrons. The Morgan fingerprint density at radius 1 is 1.59 bits per heavy atom. The molecule has 1 heterocycles. The summed E-state index contributed by atoms with van der Waals surface area (Å²) >= 11 is 1.36. The highest BCUT2D eigenvalue weighted by Crippen LogP contribution is 2.31. The van der Waals surface area contributed by atoms with Crippen LogP contribution in [0.15, 0.2) is 5.03 Å². The molecule has 0 fully saturated rings. The van der Waals surface area contributed by atoms with E-state index < -0.39 is 0 Å². The first kappa shape index (κ1) is 13.9. The van der Waals surface area contributed by atoms with Gasteiger partial charge >= 0.3 is 5.97 Å². The molecule has 0 atom stereocenters. The standard InChI is InChI=1S/C11H19N3O2S/c1-5-16-8(15)6-17-11-9(12)10(7(2)3)13-14(11)4/h7H,5-6,12H2,1-4H3. The maximum absolute atomic E-state index is 11.3. The lowest BCUT2D eigenvalue weighted by molar-refractivity contribution is -0.139. The Labute approximate surface area is 106 Å². The van der Waals surface area contributed by atoms with Gasteiger partial charge in [-0.3, -0.25) is 9.48 Å². The van der Waals surface area contributed by atoms with E-state index in [1.54, 1.807) is 11.6 Å². The van der Waals surface area contributed by atoms with Gasteiger partial charge < -0.3 is 10.5 Å². The summed E-state index contributed by atoms with van der Waals surface area (Å²) in [5.74, 6) is 0.303. The van der Waals surface area contributed by atoms with Crippen LogP contribution in [-0.2, 0) is 16.6 Å². The number of aromatic nitrogens is 2. The van der Waals surface area contributed by atoms with Gasteiger partial charge in [-0.25, -0.2) is 0 Å². The third-order valence-corrected chi connectivity index (χ3v) is 3.37. The van der Waals surface area contributed by atoms with Gasteiger partial charge in [0.1, 0.15) is 5.03 Å². The van der Waals surface area contributed by atoms with E-state index in [2.05, 4.69) is 5.10 Å². The summed E-state index contributed by atoms with van der Waals surface area (Å²) < 4.78 is 6.58. The van der Waals surface area contributed by atoms with Crippen molar-refractivity contribution in [1.82, 2.24) is 9.78 Å². The van der Waals surface area contributed by atoms with Crippen LogP contribution in [-0.4, -0.2) is 28.1 Å². The quantitative estimate of drug-likeness (QED) is 0.643. The second-order valence-electron chi connectivity index (χ2n) is 3.98. The average Bonchev–Trinajstić information content (AvgIpc) is 2.52. The molecule has 0 saturated carbocycles. The summed E-state index contributed by atoms with van der Waals surface area (Å²) in [5, 5.41) is 5.17. The molecule has 1 rings (SSSR count). The minimum absolute atomic E-state index is 0.232. The first-order chi connectivity index (χ1) is 7.97. The second-order valence-corrected chi connectivity index (χ2v) is 4.94. The van der Waals surface area contributed by atoms with Gasteiger partial charge in [0.05, 0.1) is 23.7 Å². The zero-order chi connectivity index (χ0) is 13.0. The minimum atomic E-state index is -0.232. The summed E-state index contributed by atoms with van der Waals surface area (Å²) in [6, 6.07) is 0. The van der Waals surface area contributed by atoms with Crippen molar-refractivity contribution in [2.45, 2.75) is 31.7 Å². The van der Waals surface area contributed by atoms with Crippen molar-refractivity contribution in [3.05, 3.63) is 5.69 Å². The molecule has 2 N–H and O–H groups in total.